The van der Waals surface area contributed by atoms with E-state index in [1.54, 1.807) is 17.6 Å². The number of carbonyl (C=O) groups excluding carboxylic acids is 4. The molecule has 198 valence electrons. The van der Waals surface area contributed by atoms with Gasteiger partial charge < -0.3 is 15.0 Å². The Bertz CT molecular complexity index is 1590. The molecule has 2 N–H and O–H groups in total. The first-order valence-electron chi connectivity index (χ1n) is 12.5. The van der Waals surface area contributed by atoms with Gasteiger partial charge in [-0.15, -0.1) is 11.3 Å². The van der Waals surface area contributed by atoms with Gasteiger partial charge in [0, 0.05) is 30.1 Å². The van der Waals surface area contributed by atoms with Crippen molar-refractivity contribution >= 4 is 45.4 Å². The molecule has 1 atom stereocenters. The fourth-order valence-electron chi connectivity index (χ4n) is 5.55. The zero-order valence-electron chi connectivity index (χ0n) is 20.5. The van der Waals surface area contributed by atoms with Crippen molar-refractivity contribution in [1.82, 2.24) is 20.5 Å². The quantitative estimate of drug-likeness (QED) is 0.467. The maximum atomic E-state index is 15.3. The molecule has 0 bridgehead atoms. The number of ether oxygens (including phenoxy) is 1. The Labute approximate surface area is 225 Å². The number of nitrogens with one attached hydrogen (secondary N) is 2. The van der Waals surface area contributed by atoms with Crippen LogP contribution in [0, 0.1) is 17.1 Å². The second-order valence-electron chi connectivity index (χ2n) is 9.90. The molecule has 1 aliphatic carbocycles. The number of rotatable bonds is 5. The van der Waals surface area contributed by atoms with Crippen LogP contribution in [-0.2, 0) is 27.5 Å². The molecule has 2 aliphatic heterocycles. The van der Waals surface area contributed by atoms with Gasteiger partial charge in [-0.25, -0.2) is 14.2 Å². The van der Waals surface area contributed by atoms with Gasteiger partial charge in [0.15, 0.2) is 0 Å². The summed E-state index contributed by atoms with van der Waals surface area (Å²) in [5.41, 5.74) is 4.39. The zero-order valence-corrected chi connectivity index (χ0v) is 21.3. The summed E-state index contributed by atoms with van der Waals surface area (Å²) in [6.07, 6.45) is 0.828. The molecule has 3 heterocycles. The second kappa shape index (κ2) is 9.74. The largest absolute Gasteiger partial charge is 0.445 e. The van der Waals surface area contributed by atoms with E-state index in [0.29, 0.717) is 24.0 Å². The van der Waals surface area contributed by atoms with Crippen molar-refractivity contribution in [2.24, 2.45) is 0 Å². The van der Waals surface area contributed by atoms with E-state index in [9.17, 15) is 24.4 Å². The van der Waals surface area contributed by atoms with E-state index in [4.69, 9.17) is 4.74 Å². The summed E-state index contributed by atoms with van der Waals surface area (Å²) in [5.74, 6) is -2.30. The SMILES string of the molecule is N#Cc1ccc2scnc2c1C1CC(NC(=O)OCc2ccc3c(c2F)C(=O)N(C2CCC(=O)NC2=O)C3)C1. The van der Waals surface area contributed by atoms with E-state index in [-0.39, 0.29) is 49.1 Å². The first-order valence-corrected chi connectivity index (χ1v) is 13.4. The predicted molar refractivity (Wildman–Crippen MR) is 136 cm³/mol. The van der Waals surface area contributed by atoms with Crippen LogP contribution in [0.1, 0.15) is 64.2 Å². The van der Waals surface area contributed by atoms with E-state index < -0.39 is 35.7 Å². The van der Waals surface area contributed by atoms with Crippen LogP contribution in [0.25, 0.3) is 10.2 Å². The van der Waals surface area contributed by atoms with Crippen LogP contribution in [0.15, 0.2) is 29.8 Å². The van der Waals surface area contributed by atoms with Gasteiger partial charge in [0.25, 0.3) is 5.91 Å². The van der Waals surface area contributed by atoms with Crippen molar-refractivity contribution in [3.63, 3.8) is 0 Å². The van der Waals surface area contributed by atoms with Crippen LogP contribution >= 0.6 is 11.3 Å². The topological polar surface area (TPSA) is 141 Å². The van der Waals surface area contributed by atoms with Crippen molar-refractivity contribution < 1.29 is 28.3 Å². The van der Waals surface area contributed by atoms with E-state index in [0.717, 1.165) is 15.8 Å². The molecule has 0 radical (unpaired) electrons. The van der Waals surface area contributed by atoms with Crippen molar-refractivity contribution in [1.29, 1.82) is 5.26 Å². The summed E-state index contributed by atoms with van der Waals surface area (Å²) < 4.78 is 21.5. The first kappa shape index (κ1) is 24.9. The van der Waals surface area contributed by atoms with Crippen LogP contribution in [0.2, 0.25) is 0 Å². The van der Waals surface area contributed by atoms with Crippen LogP contribution in [0.3, 0.4) is 0 Å². The van der Waals surface area contributed by atoms with Crippen LogP contribution in [0.4, 0.5) is 9.18 Å². The van der Waals surface area contributed by atoms with Crippen LogP contribution in [0.5, 0.6) is 0 Å². The highest BCUT2D eigenvalue weighted by Gasteiger charge is 2.41. The predicted octanol–water partition coefficient (Wildman–Crippen LogP) is 3.24. The first-order chi connectivity index (χ1) is 18.8. The number of benzene rings is 2. The lowest BCUT2D eigenvalue weighted by Crippen LogP contribution is -2.52. The van der Waals surface area contributed by atoms with Crippen molar-refractivity contribution in [3.8, 4) is 6.07 Å². The molecule has 39 heavy (non-hydrogen) atoms. The highest BCUT2D eigenvalue weighted by atomic mass is 32.1. The molecule has 4 amide bonds. The van der Waals surface area contributed by atoms with E-state index >= 15 is 4.39 Å². The monoisotopic (exact) mass is 547 g/mol. The number of piperidine rings is 1. The molecular formula is C27H22FN5O5S. The van der Waals surface area contributed by atoms with Crippen LogP contribution in [-0.4, -0.2) is 45.8 Å². The molecule has 1 saturated carbocycles. The fraction of sp³-hybridized carbons (Fsp3) is 0.333. The van der Waals surface area contributed by atoms with E-state index in [2.05, 4.69) is 21.7 Å². The molecule has 1 saturated heterocycles. The highest BCUT2D eigenvalue weighted by Crippen LogP contribution is 2.42. The number of hydrogen-bond donors (Lipinski definition) is 2. The zero-order chi connectivity index (χ0) is 27.3. The molecular weight excluding hydrogens is 525 g/mol. The number of amides is 4. The molecule has 1 aromatic heterocycles. The van der Waals surface area contributed by atoms with Crippen molar-refractivity contribution in [2.75, 3.05) is 0 Å². The number of alkyl carbamates (subject to hydrolysis) is 1. The van der Waals surface area contributed by atoms with E-state index in [1.807, 2.05) is 6.07 Å². The third-order valence-corrected chi connectivity index (χ3v) is 8.39. The fourth-order valence-corrected chi connectivity index (χ4v) is 6.24. The van der Waals surface area contributed by atoms with Gasteiger partial charge in [-0.2, -0.15) is 5.26 Å². The Balaban J connectivity index is 1.06. The Kier molecular flexibility index (Phi) is 6.23. The minimum atomic E-state index is -0.842. The second-order valence-corrected chi connectivity index (χ2v) is 10.8. The molecule has 12 heteroatoms. The molecule has 0 spiro atoms. The molecule has 2 fully saturated rings. The normalized spacial score (nSPS) is 22.2. The number of carbonyl (C=O) groups is 4. The lowest BCUT2D eigenvalue weighted by atomic mass is 9.74. The smallest absolute Gasteiger partial charge is 0.407 e. The van der Waals surface area contributed by atoms with Crippen LogP contribution < -0.4 is 10.6 Å². The van der Waals surface area contributed by atoms with Crippen molar-refractivity contribution in [2.45, 2.75) is 56.8 Å². The number of fused-ring (bicyclic) bond motifs is 2. The minimum Gasteiger partial charge on any atom is -0.445 e. The Morgan fingerprint density at radius 1 is 1.26 bits per heavy atom. The van der Waals surface area contributed by atoms with Crippen molar-refractivity contribution in [3.05, 3.63) is 63.4 Å². The van der Waals surface area contributed by atoms with Gasteiger partial charge in [0.1, 0.15) is 18.5 Å². The summed E-state index contributed by atoms with van der Waals surface area (Å²) in [7, 11) is 0. The molecule has 3 aliphatic rings. The molecule has 1 unspecified atom stereocenters. The average Bonchev–Trinajstić information content (AvgIpc) is 3.50. The molecule has 6 rings (SSSR count). The number of aromatic nitrogens is 1. The van der Waals surface area contributed by atoms with Gasteiger partial charge in [-0.3, -0.25) is 19.7 Å². The van der Waals surface area contributed by atoms with E-state index in [1.165, 1.54) is 22.3 Å². The van der Waals surface area contributed by atoms with Gasteiger partial charge >= 0.3 is 6.09 Å². The Morgan fingerprint density at radius 3 is 2.85 bits per heavy atom. The molecule has 3 aromatic rings. The Hall–Kier alpha value is -4.37. The average molecular weight is 548 g/mol. The molecule has 2 aromatic carbocycles. The standard InChI is InChI=1S/C27H22FN5O5S/c28-23-15(2-1-14-10-33(26(36)22(14)23)18-4-6-20(34)32-25(18)35)11-38-27(37)31-17-7-16(8-17)21-13(9-29)3-5-19-24(21)30-12-39-19/h1-3,5,12,16-18H,4,6-8,10-11H2,(H,31,37)(H,32,34,35). The highest BCUT2D eigenvalue weighted by molar-refractivity contribution is 7.16. The summed E-state index contributed by atoms with van der Waals surface area (Å²) in [6, 6.07) is 7.96. The summed E-state index contributed by atoms with van der Waals surface area (Å²) in [6.45, 7) is -0.312. The number of nitrogens with zero attached hydrogens (tertiary/aromatic N) is 3. The summed E-state index contributed by atoms with van der Waals surface area (Å²) in [4.78, 5) is 54.7. The summed E-state index contributed by atoms with van der Waals surface area (Å²) in [5, 5.41) is 14.5. The maximum Gasteiger partial charge on any atom is 0.407 e. The van der Waals surface area contributed by atoms with Gasteiger partial charge in [-0.05, 0) is 42.9 Å². The Morgan fingerprint density at radius 2 is 2.08 bits per heavy atom. The van der Waals surface area contributed by atoms with Gasteiger partial charge in [-0.1, -0.05) is 12.1 Å². The summed E-state index contributed by atoms with van der Waals surface area (Å²) >= 11 is 1.51. The number of thiazole rings is 1. The third-order valence-electron chi connectivity index (χ3n) is 7.60. The maximum absolute atomic E-state index is 15.3. The number of hydrogen-bond acceptors (Lipinski definition) is 8. The number of nitriles is 1. The number of imide groups is 1. The molecule has 10 nitrogen and oxygen atoms in total. The number of halogens is 1. The van der Waals surface area contributed by atoms with Gasteiger partial charge in [0.05, 0.1) is 32.9 Å². The lowest BCUT2D eigenvalue weighted by Gasteiger charge is -2.36. The van der Waals surface area contributed by atoms with Gasteiger partial charge in [0.2, 0.25) is 11.8 Å². The minimum absolute atomic E-state index is 0.0442. The lowest BCUT2D eigenvalue weighted by molar-refractivity contribution is -0.136. The third kappa shape index (κ3) is 4.38.